The number of anilines is 1. The second-order valence-electron chi connectivity index (χ2n) is 5.05. The van der Waals surface area contributed by atoms with Crippen molar-refractivity contribution in [2.75, 3.05) is 18.1 Å². The van der Waals surface area contributed by atoms with Gasteiger partial charge in [-0.05, 0) is 24.3 Å². The molecule has 2 aromatic rings. The van der Waals surface area contributed by atoms with E-state index in [0.29, 0.717) is 17.3 Å². The average molecular weight is 370 g/mol. The Labute approximate surface area is 144 Å². The van der Waals surface area contributed by atoms with Gasteiger partial charge in [0.25, 0.3) is 0 Å². The van der Waals surface area contributed by atoms with E-state index in [9.17, 15) is 17.2 Å². The van der Waals surface area contributed by atoms with E-state index in [1.165, 1.54) is 19.2 Å². The molecule has 0 bridgehead atoms. The maximum Gasteiger partial charge on any atom is 0.229 e. The highest BCUT2D eigenvalue weighted by Gasteiger charge is 2.14. The van der Waals surface area contributed by atoms with Gasteiger partial charge in [0.05, 0.1) is 24.7 Å². The van der Waals surface area contributed by atoms with Crippen molar-refractivity contribution in [2.45, 2.75) is 0 Å². The zero-order chi connectivity index (χ0) is 18.6. The molecule has 2 N–H and O–H groups in total. The lowest BCUT2D eigenvalue weighted by Gasteiger charge is -2.15. The first kappa shape index (κ1) is 18.7. The molecule has 0 atom stereocenters. The minimum absolute atomic E-state index is 0.00693. The molecule has 2 rings (SSSR count). The Morgan fingerprint density at radius 1 is 1.12 bits per heavy atom. The number of sulfonamides is 1. The van der Waals surface area contributed by atoms with Gasteiger partial charge < -0.3 is 4.74 Å². The zero-order valence-electron chi connectivity index (χ0n) is 13.5. The average Bonchev–Trinajstić information content (AvgIpc) is 2.50. The van der Waals surface area contributed by atoms with Crippen molar-refractivity contribution >= 4 is 21.4 Å². The molecule has 0 radical (unpaired) electrons. The number of halogens is 2. The summed E-state index contributed by atoms with van der Waals surface area (Å²) in [5.41, 5.74) is 3.50. The van der Waals surface area contributed by atoms with Crippen molar-refractivity contribution in [1.29, 1.82) is 0 Å². The summed E-state index contributed by atoms with van der Waals surface area (Å²) in [5.74, 6) is -1.94. The SMILES string of the molecule is C=C(NOC)c1ccc(NS(C)(=O)=O)c(Oc2ccc(F)cc2F)c1. The predicted octanol–water partition coefficient (Wildman–Crippen LogP) is 3.25. The molecule has 0 saturated carbocycles. The van der Waals surface area contributed by atoms with Crippen LogP contribution in [0.3, 0.4) is 0 Å². The lowest BCUT2D eigenvalue weighted by Crippen LogP contribution is -2.12. The molecule has 0 unspecified atom stereocenters. The van der Waals surface area contributed by atoms with Crippen molar-refractivity contribution in [1.82, 2.24) is 5.48 Å². The fraction of sp³-hybridized carbons (Fsp3) is 0.125. The maximum atomic E-state index is 13.8. The molecule has 0 saturated heterocycles. The Hall–Kier alpha value is -2.65. The Kier molecular flexibility index (Phi) is 5.60. The Morgan fingerprint density at radius 3 is 2.44 bits per heavy atom. The minimum Gasteiger partial charge on any atom is -0.452 e. The van der Waals surface area contributed by atoms with Gasteiger partial charge in [-0.1, -0.05) is 12.6 Å². The number of rotatable bonds is 7. The summed E-state index contributed by atoms with van der Waals surface area (Å²) in [4.78, 5) is 4.76. The molecule has 0 amide bonds. The third-order valence-electron chi connectivity index (χ3n) is 2.96. The highest BCUT2D eigenvalue weighted by molar-refractivity contribution is 7.92. The third kappa shape index (κ3) is 5.16. The highest BCUT2D eigenvalue weighted by atomic mass is 32.2. The summed E-state index contributed by atoms with van der Waals surface area (Å²) >= 11 is 0. The van der Waals surface area contributed by atoms with Gasteiger partial charge in [-0.2, -0.15) is 0 Å². The molecule has 0 aliphatic heterocycles. The quantitative estimate of drug-likeness (QED) is 0.732. The Bertz CT molecular complexity index is 901. The largest absolute Gasteiger partial charge is 0.452 e. The van der Waals surface area contributed by atoms with Crippen molar-refractivity contribution in [3.05, 3.63) is 60.2 Å². The van der Waals surface area contributed by atoms with Crippen LogP contribution in [0.1, 0.15) is 5.56 Å². The molecule has 0 spiro atoms. The van der Waals surface area contributed by atoms with Crippen LogP contribution < -0.4 is 14.9 Å². The van der Waals surface area contributed by atoms with E-state index in [-0.39, 0.29) is 17.2 Å². The highest BCUT2D eigenvalue weighted by Crippen LogP contribution is 2.34. The lowest BCUT2D eigenvalue weighted by molar-refractivity contribution is 0.137. The van der Waals surface area contributed by atoms with E-state index in [4.69, 9.17) is 9.57 Å². The fourth-order valence-corrected chi connectivity index (χ4v) is 2.51. The van der Waals surface area contributed by atoms with E-state index in [1.54, 1.807) is 6.07 Å². The number of benzene rings is 2. The maximum absolute atomic E-state index is 13.8. The zero-order valence-corrected chi connectivity index (χ0v) is 14.3. The number of hydroxylamine groups is 1. The summed E-state index contributed by atoms with van der Waals surface area (Å²) in [5, 5.41) is 0. The van der Waals surface area contributed by atoms with Gasteiger partial charge >= 0.3 is 0 Å². The number of nitrogens with one attached hydrogen (secondary N) is 2. The van der Waals surface area contributed by atoms with Crippen LogP contribution in [0.4, 0.5) is 14.5 Å². The van der Waals surface area contributed by atoms with Crippen molar-refractivity contribution in [3.63, 3.8) is 0 Å². The summed E-state index contributed by atoms with van der Waals surface area (Å²) in [6, 6.07) is 7.21. The molecule has 0 aliphatic carbocycles. The number of hydrogen-bond acceptors (Lipinski definition) is 5. The Morgan fingerprint density at radius 2 is 1.84 bits per heavy atom. The molecule has 0 fully saturated rings. The second-order valence-corrected chi connectivity index (χ2v) is 6.80. The van der Waals surface area contributed by atoms with Gasteiger partial charge in [0, 0.05) is 11.6 Å². The van der Waals surface area contributed by atoms with Crippen LogP contribution in [0.5, 0.6) is 11.5 Å². The van der Waals surface area contributed by atoms with Crippen molar-refractivity contribution < 1.29 is 26.8 Å². The molecular formula is C16H16F2N2O4S. The van der Waals surface area contributed by atoms with Gasteiger partial charge in [-0.3, -0.25) is 15.0 Å². The molecule has 0 aromatic heterocycles. The molecule has 0 heterocycles. The lowest BCUT2D eigenvalue weighted by atomic mass is 10.1. The van der Waals surface area contributed by atoms with Gasteiger partial charge in [-0.25, -0.2) is 17.2 Å². The smallest absolute Gasteiger partial charge is 0.229 e. The van der Waals surface area contributed by atoms with Gasteiger partial charge in [-0.15, -0.1) is 0 Å². The van der Waals surface area contributed by atoms with Crippen molar-refractivity contribution in [3.8, 4) is 11.5 Å². The van der Waals surface area contributed by atoms with Gasteiger partial charge in [0.15, 0.2) is 17.3 Å². The van der Waals surface area contributed by atoms with Crippen LogP contribution in [0.15, 0.2) is 43.0 Å². The fourth-order valence-electron chi connectivity index (χ4n) is 1.94. The molecule has 0 aliphatic rings. The van der Waals surface area contributed by atoms with E-state index >= 15 is 0 Å². The van der Waals surface area contributed by atoms with E-state index < -0.39 is 21.7 Å². The number of hydrogen-bond donors (Lipinski definition) is 2. The van der Waals surface area contributed by atoms with Crippen molar-refractivity contribution in [2.24, 2.45) is 0 Å². The monoisotopic (exact) mass is 370 g/mol. The molecule has 9 heteroatoms. The van der Waals surface area contributed by atoms with E-state index in [0.717, 1.165) is 18.4 Å². The molecule has 2 aromatic carbocycles. The van der Waals surface area contributed by atoms with Gasteiger partial charge in [0.2, 0.25) is 10.0 Å². The summed E-state index contributed by atoms with van der Waals surface area (Å²) < 4.78 is 57.5. The molecular weight excluding hydrogens is 354 g/mol. The predicted molar refractivity (Wildman–Crippen MR) is 90.5 cm³/mol. The number of ether oxygens (including phenoxy) is 1. The summed E-state index contributed by atoms with van der Waals surface area (Å²) in [6.45, 7) is 3.74. The topological polar surface area (TPSA) is 76.7 Å². The summed E-state index contributed by atoms with van der Waals surface area (Å²) in [6.07, 6.45) is 0.967. The first-order chi connectivity index (χ1) is 11.7. The van der Waals surface area contributed by atoms with Crippen LogP contribution in [0.25, 0.3) is 5.70 Å². The van der Waals surface area contributed by atoms with Crippen LogP contribution in [0.2, 0.25) is 0 Å². The van der Waals surface area contributed by atoms with E-state index in [1.807, 2.05) is 0 Å². The van der Waals surface area contributed by atoms with Crippen LogP contribution in [-0.4, -0.2) is 21.8 Å². The summed E-state index contributed by atoms with van der Waals surface area (Å²) in [7, 11) is -2.20. The van der Waals surface area contributed by atoms with Crippen LogP contribution >= 0.6 is 0 Å². The van der Waals surface area contributed by atoms with E-state index in [2.05, 4.69) is 16.8 Å². The second kappa shape index (κ2) is 7.49. The minimum atomic E-state index is -3.60. The Balaban J connectivity index is 2.46. The van der Waals surface area contributed by atoms with Crippen LogP contribution in [0, 0.1) is 11.6 Å². The first-order valence-corrected chi connectivity index (χ1v) is 8.82. The van der Waals surface area contributed by atoms with Crippen LogP contribution in [-0.2, 0) is 14.9 Å². The standard InChI is InChI=1S/C16H16F2N2O4S/c1-10(19-23-2)11-4-6-14(20-25(3,21)22)16(8-11)24-15-7-5-12(17)9-13(15)18/h4-9,19-20H,1H2,2-3H3. The molecule has 25 heavy (non-hydrogen) atoms. The van der Waals surface area contributed by atoms with Gasteiger partial charge in [0.1, 0.15) is 5.82 Å². The normalized spacial score (nSPS) is 11.0. The first-order valence-electron chi connectivity index (χ1n) is 6.92. The molecule has 6 nitrogen and oxygen atoms in total. The molecule has 134 valence electrons. The third-order valence-corrected chi connectivity index (χ3v) is 3.56.